The van der Waals surface area contributed by atoms with Crippen LogP contribution < -0.4 is 10.7 Å². The van der Waals surface area contributed by atoms with Crippen LogP contribution in [0, 0.1) is 0 Å². The van der Waals surface area contributed by atoms with E-state index < -0.39 is 6.10 Å². The highest BCUT2D eigenvalue weighted by Crippen LogP contribution is 2.22. The van der Waals surface area contributed by atoms with Crippen LogP contribution in [0.25, 0.3) is 11.0 Å². The summed E-state index contributed by atoms with van der Waals surface area (Å²) in [5.41, 5.74) is 3.83. The SMILES string of the molecule is O=C1CCC(CCC(=O)N[C@H]2C[C@@H](O)CN(C(=O)c3cc4ccccc4o3)C2)=NN1. The Hall–Kier alpha value is -3.20. The number of rotatable bonds is 5. The number of furan rings is 1. The van der Waals surface area contributed by atoms with Crippen molar-refractivity contribution >= 4 is 34.4 Å². The van der Waals surface area contributed by atoms with Crippen molar-refractivity contribution in [1.29, 1.82) is 0 Å². The number of hydrazone groups is 1. The molecule has 1 fully saturated rings. The smallest absolute Gasteiger partial charge is 0.289 e. The van der Waals surface area contributed by atoms with Gasteiger partial charge in [0.1, 0.15) is 5.58 Å². The van der Waals surface area contributed by atoms with Gasteiger partial charge in [-0.2, -0.15) is 5.10 Å². The number of hydrogen-bond donors (Lipinski definition) is 3. The van der Waals surface area contributed by atoms with Gasteiger partial charge in [0.2, 0.25) is 11.8 Å². The molecule has 0 bridgehead atoms. The number of nitrogens with zero attached hydrogens (tertiary/aromatic N) is 2. The Bertz CT molecular complexity index is 965. The number of aliphatic hydroxyl groups excluding tert-OH is 1. The van der Waals surface area contributed by atoms with Crippen LogP contribution in [-0.4, -0.2) is 58.7 Å². The molecule has 0 saturated carbocycles. The molecule has 3 amide bonds. The lowest BCUT2D eigenvalue weighted by Gasteiger charge is -2.35. The van der Waals surface area contributed by atoms with Crippen LogP contribution in [0.2, 0.25) is 0 Å². The minimum atomic E-state index is -0.727. The van der Waals surface area contributed by atoms with E-state index >= 15 is 0 Å². The van der Waals surface area contributed by atoms with Crippen LogP contribution in [0.5, 0.6) is 0 Å². The van der Waals surface area contributed by atoms with Crippen LogP contribution in [0.3, 0.4) is 0 Å². The molecule has 9 nitrogen and oxygen atoms in total. The maximum Gasteiger partial charge on any atom is 0.289 e. The van der Waals surface area contributed by atoms with Crippen molar-refractivity contribution in [2.75, 3.05) is 13.1 Å². The predicted molar refractivity (Wildman–Crippen MR) is 109 cm³/mol. The van der Waals surface area contributed by atoms with Crippen molar-refractivity contribution in [2.24, 2.45) is 5.10 Å². The molecule has 3 heterocycles. The third-order valence-electron chi connectivity index (χ3n) is 5.34. The van der Waals surface area contributed by atoms with Crippen molar-refractivity contribution < 1.29 is 23.9 Å². The molecule has 9 heteroatoms. The molecule has 0 aliphatic carbocycles. The monoisotopic (exact) mass is 412 g/mol. The Morgan fingerprint density at radius 1 is 1.27 bits per heavy atom. The average Bonchev–Trinajstić information content (AvgIpc) is 3.16. The molecule has 0 spiro atoms. The molecule has 2 aliphatic heterocycles. The molecule has 1 aromatic heterocycles. The average molecular weight is 412 g/mol. The molecule has 1 saturated heterocycles. The van der Waals surface area contributed by atoms with E-state index in [1.165, 1.54) is 4.90 Å². The Balaban J connectivity index is 1.34. The molecule has 3 N–H and O–H groups in total. The van der Waals surface area contributed by atoms with Gasteiger partial charge in [-0.3, -0.25) is 14.4 Å². The second kappa shape index (κ2) is 8.66. The maximum atomic E-state index is 12.9. The van der Waals surface area contributed by atoms with Gasteiger partial charge in [0.15, 0.2) is 5.76 Å². The number of likely N-dealkylation sites (tertiary alicyclic amines) is 1. The molecule has 4 rings (SSSR count). The van der Waals surface area contributed by atoms with Crippen LogP contribution >= 0.6 is 0 Å². The summed E-state index contributed by atoms with van der Waals surface area (Å²) in [6, 6.07) is 8.71. The fraction of sp³-hybridized carbons (Fsp3) is 0.429. The molecule has 1 aromatic carbocycles. The van der Waals surface area contributed by atoms with Crippen LogP contribution in [0.4, 0.5) is 0 Å². The second-order valence-corrected chi connectivity index (χ2v) is 7.73. The number of carbonyl (C=O) groups is 3. The minimum Gasteiger partial charge on any atom is -0.451 e. The molecule has 2 aromatic rings. The topological polar surface area (TPSA) is 124 Å². The van der Waals surface area contributed by atoms with E-state index in [-0.39, 0.29) is 42.5 Å². The minimum absolute atomic E-state index is 0.117. The summed E-state index contributed by atoms with van der Waals surface area (Å²) in [6.45, 7) is 0.494. The molecular weight excluding hydrogens is 388 g/mol. The first-order valence-electron chi connectivity index (χ1n) is 10.1. The maximum absolute atomic E-state index is 12.9. The second-order valence-electron chi connectivity index (χ2n) is 7.73. The first kappa shape index (κ1) is 20.1. The Labute approximate surface area is 173 Å². The largest absolute Gasteiger partial charge is 0.451 e. The molecular formula is C21H24N4O5. The van der Waals surface area contributed by atoms with Gasteiger partial charge in [-0.25, -0.2) is 5.43 Å². The van der Waals surface area contributed by atoms with Crippen molar-refractivity contribution in [1.82, 2.24) is 15.6 Å². The Morgan fingerprint density at radius 2 is 2.10 bits per heavy atom. The van der Waals surface area contributed by atoms with Crippen LogP contribution in [0.1, 0.15) is 42.7 Å². The van der Waals surface area contributed by atoms with Crippen molar-refractivity contribution in [2.45, 2.75) is 44.2 Å². The van der Waals surface area contributed by atoms with Crippen molar-refractivity contribution in [3.63, 3.8) is 0 Å². The summed E-state index contributed by atoms with van der Waals surface area (Å²) < 4.78 is 5.64. The summed E-state index contributed by atoms with van der Waals surface area (Å²) in [7, 11) is 0. The fourth-order valence-corrected chi connectivity index (χ4v) is 3.84. The zero-order chi connectivity index (χ0) is 21.1. The zero-order valence-corrected chi connectivity index (χ0v) is 16.5. The number of hydrogen-bond acceptors (Lipinski definition) is 6. The lowest BCUT2D eigenvalue weighted by atomic mass is 10.0. The quantitative estimate of drug-likeness (QED) is 0.680. The van der Waals surface area contributed by atoms with Crippen molar-refractivity contribution in [3.8, 4) is 0 Å². The standard InChI is InChI=1S/C21H24N4O5/c26-16-10-15(22-19(27)7-5-14-6-8-20(28)24-23-14)11-25(12-16)21(29)18-9-13-3-1-2-4-17(13)30-18/h1-4,9,15-16,26H,5-8,10-12H2,(H,22,27)(H,24,28)/t15-,16+/m0/s1. The lowest BCUT2D eigenvalue weighted by molar-refractivity contribution is -0.122. The van der Waals surface area contributed by atoms with E-state index in [1.54, 1.807) is 12.1 Å². The highest BCUT2D eigenvalue weighted by Gasteiger charge is 2.31. The van der Waals surface area contributed by atoms with Crippen LogP contribution in [0.15, 0.2) is 39.9 Å². The first-order chi connectivity index (χ1) is 14.5. The summed E-state index contributed by atoms with van der Waals surface area (Å²) in [6.07, 6.45) is 1.29. The highest BCUT2D eigenvalue weighted by molar-refractivity contribution is 5.96. The molecule has 30 heavy (non-hydrogen) atoms. The Morgan fingerprint density at radius 3 is 2.87 bits per heavy atom. The molecule has 2 atom stereocenters. The molecule has 2 aliphatic rings. The van der Waals surface area contributed by atoms with Crippen molar-refractivity contribution in [3.05, 3.63) is 36.1 Å². The van der Waals surface area contributed by atoms with E-state index in [2.05, 4.69) is 15.8 Å². The fourth-order valence-electron chi connectivity index (χ4n) is 3.84. The third kappa shape index (κ3) is 4.68. The predicted octanol–water partition coefficient (Wildman–Crippen LogP) is 1.17. The molecule has 158 valence electrons. The van der Waals surface area contributed by atoms with Gasteiger partial charge in [-0.1, -0.05) is 18.2 Å². The summed E-state index contributed by atoms with van der Waals surface area (Å²) in [4.78, 5) is 37.8. The highest BCUT2D eigenvalue weighted by atomic mass is 16.3. The first-order valence-corrected chi connectivity index (χ1v) is 10.1. The normalized spacial score (nSPS) is 21.8. The lowest BCUT2D eigenvalue weighted by Crippen LogP contribution is -2.54. The van der Waals surface area contributed by atoms with E-state index in [0.717, 1.165) is 11.1 Å². The number of aliphatic hydroxyl groups is 1. The zero-order valence-electron chi connectivity index (χ0n) is 16.5. The van der Waals surface area contributed by atoms with E-state index in [1.807, 2.05) is 18.2 Å². The number of nitrogens with one attached hydrogen (secondary N) is 2. The van der Waals surface area contributed by atoms with Gasteiger partial charge in [-0.05, 0) is 31.4 Å². The summed E-state index contributed by atoms with van der Waals surface area (Å²) in [5.74, 6) is -0.386. The van der Waals surface area contributed by atoms with E-state index in [4.69, 9.17) is 4.42 Å². The summed E-state index contributed by atoms with van der Waals surface area (Å²) in [5, 5.41) is 17.9. The molecule has 0 radical (unpaired) electrons. The number of para-hydroxylation sites is 1. The molecule has 0 unspecified atom stereocenters. The third-order valence-corrected chi connectivity index (χ3v) is 5.34. The number of β-amino-alcohol motifs (C(OH)–C–C–N with tert-alkyl or cyclic N) is 1. The van der Waals surface area contributed by atoms with Gasteiger partial charge in [0.05, 0.1) is 6.10 Å². The van der Waals surface area contributed by atoms with Gasteiger partial charge >= 0.3 is 0 Å². The van der Waals surface area contributed by atoms with Gasteiger partial charge < -0.3 is 19.7 Å². The van der Waals surface area contributed by atoms with E-state index in [9.17, 15) is 19.5 Å². The number of fused-ring (bicyclic) bond motifs is 1. The number of amides is 3. The number of carbonyl (C=O) groups excluding carboxylic acids is 3. The van der Waals surface area contributed by atoms with Gasteiger partial charge in [0, 0.05) is 43.1 Å². The summed E-state index contributed by atoms with van der Waals surface area (Å²) >= 11 is 0. The van der Waals surface area contributed by atoms with Gasteiger partial charge in [0.25, 0.3) is 5.91 Å². The van der Waals surface area contributed by atoms with E-state index in [0.29, 0.717) is 37.8 Å². The van der Waals surface area contributed by atoms with Crippen LogP contribution in [-0.2, 0) is 9.59 Å². The van der Waals surface area contributed by atoms with Gasteiger partial charge in [-0.15, -0.1) is 0 Å². The Kier molecular flexibility index (Phi) is 5.80. The number of piperidine rings is 1. The number of benzene rings is 1.